The van der Waals surface area contributed by atoms with Crippen molar-refractivity contribution in [3.63, 3.8) is 0 Å². The molecule has 0 radical (unpaired) electrons. The van der Waals surface area contributed by atoms with Crippen LogP contribution in [0.3, 0.4) is 0 Å². The smallest absolute Gasteiger partial charge is 0.258 e. The summed E-state index contributed by atoms with van der Waals surface area (Å²) in [6.45, 7) is 3.22. The van der Waals surface area contributed by atoms with E-state index in [0.717, 1.165) is 36.3 Å². The van der Waals surface area contributed by atoms with Crippen LogP contribution in [0.1, 0.15) is 29.0 Å². The maximum atomic E-state index is 12.7. The Labute approximate surface area is 157 Å². The summed E-state index contributed by atoms with van der Waals surface area (Å²) in [5.41, 5.74) is 1.55. The Morgan fingerprint density at radius 3 is 2.89 bits per heavy atom. The first-order chi connectivity index (χ1) is 13.2. The number of hydrogen-bond acceptors (Lipinski definition) is 6. The average molecular weight is 363 g/mol. The molecule has 1 amide bonds. The fourth-order valence-corrected chi connectivity index (χ4v) is 3.31. The molecular weight excluding hydrogens is 342 g/mol. The summed E-state index contributed by atoms with van der Waals surface area (Å²) in [5, 5.41) is 7.26. The highest BCUT2D eigenvalue weighted by atomic mass is 16.5. The molecule has 0 saturated carbocycles. The van der Waals surface area contributed by atoms with Crippen LogP contribution in [-0.2, 0) is 0 Å². The number of nitrogens with zero attached hydrogens (tertiary/aromatic N) is 4. The lowest BCUT2D eigenvalue weighted by atomic mass is 10.0. The molecule has 2 aromatic heterocycles. The Morgan fingerprint density at radius 1 is 1.26 bits per heavy atom. The van der Waals surface area contributed by atoms with Gasteiger partial charge in [-0.25, -0.2) is 4.98 Å². The number of piperidine rings is 1. The van der Waals surface area contributed by atoms with Crippen molar-refractivity contribution >= 4 is 11.7 Å². The van der Waals surface area contributed by atoms with Crippen molar-refractivity contribution in [1.82, 2.24) is 20.0 Å². The van der Waals surface area contributed by atoms with E-state index < -0.39 is 0 Å². The van der Waals surface area contributed by atoms with Crippen LogP contribution in [-0.4, -0.2) is 45.1 Å². The van der Waals surface area contributed by atoms with Gasteiger partial charge in [0.1, 0.15) is 5.82 Å². The summed E-state index contributed by atoms with van der Waals surface area (Å²) in [5.74, 6) is 1.88. The topological polar surface area (TPSA) is 84.2 Å². The molecule has 1 N–H and O–H groups in total. The standard InChI is InChI=1S/C20H21N5O2/c1-14-22-19(27-24-14)16-9-10-21-18(12-16)23-17-8-5-11-25(13-17)20(26)15-6-3-2-4-7-15/h2-4,6-7,9-10,12,17H,5,8,11,13H2,1H3,(H,21,23)/t17-/m1/s1. The van der Waals surface area contributed by atoms with E-state index in [4.69, 9.17) is 4.52 Å². The van der Waals surface area contributed by atoms with E-state index in [1.54, 1.807) is 13.1 Å². The molecule has 7 heteroatoms. The van der Waals surface area contributed by atoms with Crippen LogP contribution in [0.25, 0.3) is 11.5 Å². The van der Waals surface area contributed by atoms with Crippen molar-refractivity contribution < 1.29 is 9.32 Å². The van der Waals surface area contributed by atoms with Gasteiger partial charge in [-0.15, -0.1) is 0 Å². The van der Waals surface area contributed by atoms with Crippen LogP contribution < -0.4 is 5.32 Å². The number of rotatable bonds is 4. The second kappa shape index (κ2) is 7.57. The predicted molar refractivity (Wildman–Crippen MR) is 101 cm³/mol. The minimum absolute atomic E-state index is 0.0742. The summed E-state index contributed by atoms with van der Waals surface area (Å²) in [6, 6.07) is 13.3. The molecule has 3 heterocycles. The third-order valence-electron chi connectivity index (χ3n) is 4.62. The van der Waals surface area contributed by atoms with Gasteiger partial charge >= 0.3 is 0 Å². The van der Waals surface area contributed by atoms with Gasteiger partial charge in [0.2, 0.25) is 0 Å². The number of benzene rings is 1. The van der Waals surface area contributed by atoms with Crippen molar-refractivity contribution in [2.24, 2.45) is 0 Å². The second-order valence-electron chi connectivity index (χ2n) is 6.68. The predicted octanol–water partition coefficient (Wildman–Crippen LogP) is 3.16. The number of aromatic nitrogens is 3. The number of likely N-dealkylation sites (tertiary alicyclic amines) is 1. The van der Waals surface area contributed by atoms with E-state index in [1.807, 2.05) is 47.4 Å². The molecule has 1 saturated heterocycles. The molecule has 0 spiro atoms. The maximum absolute atomic E-state index is 12.7. The highest BCUT2D eigenvalue weighted by Crippen LogP contribution is 2.22. The lowest BCUT2D eigenvalue weighted by molar-refractivity contribution is 0.0714. The third-order valence-corrected chi connectivity index (χ3v) is 4.62. The van der Waals surface area contributed by atoms with Crippen LogP contribution in [0.2, 0.25) is 0 Å². The molecule has 1 fully saturated rings. The first kappa shape index (κ1) is 17.2. The van der Waals surface area contributed by atoms with Crippen LogP contribution >= 0.6 is 0 Å². The van der Waals surface area contributed by atoms with Gasteiger partial charge in [0.15, 0.2) is 5.82 Å². The van der Waals surface area contributed by atoms with E-state index in [-0.39, 0.29) is 11.9 Å². The van der Waals surface area contributed by atoms with Crippen LogP contribution in [0.15, 0.2) is 53.2 Å². The monoisotopic (exact) mass is 363 g/mol. The summed E-state index contributed by atoms with van der Waals surface area (Å²) in [7, 11) is 0. The minimum atomic E-state index is 0.0742. The number of amides is 1. The lowest BCUT2D eigenvalue weighted by Crippen LogP contribution is -2.45. The quantitative estimate of drug-likeness (QED) is 0.766. The SMILES string of the molecule is Cc1noc(-c2ccnc(N[C@@H]3CCCN(C(=O)c4ccccc4)C3)c2)n1. The molecule has 1 atom stereocenters. The molecule has 27 heavy (non-hydrogen) atoms. The minimum Gasteiger partial charge on any atom is -0.366 e. The van der Waals surface area contributed by atoms with Gasteiger partial charge in [-0.05, 0) is 44.0 Å². The first-order valence-corrected chi connectivity index (χ1v) is 9.06. The molecule has 4 rings (SSSR count). The first-order valence-electron chi connectivity index (χ1n) is 9.06. The van der Waals surface area contributed by atoms with Crippen molar-refractivity contribution in [2.75, 3.05) is 18.4 Å². The maximum Gasteiger partial charge on any atom is 0.258 e. The van der Waals surface area contributed by atoms with Crippen molar-refractivity contribution in [3.8, 4) is 11.5 Å². The number of carbonyl (C=O) groups excluding carboxylic acids is 1. The molecule has 1 aliphatic rings. The highest BCUT2D eigenvalue weighted by molar-refractivity contribution is 5.94. The summed E-state index contributed by atoms with van der Waals surface area (Å²) < 4.78 is 5.22. The second-order valence-corrected chi connectivity index (χ2v) is 6.68. The normalized spacial score (nSPS) is 16.9. The molecule has 1 aliphatic heterocycles. The Morgan fingerprint density at radius 2 is 2.11 bits per heavy atom. The summed E-state index contributed by atoms with van der Waals surface area (Å²) >= 11 is 0. The van der Waals surface area contributed by atoms with Gasteiger partial charge in [-0.3, -0.25) is 4.79 Å². The van der Waals surface area contributed by atoms with Gasteiger partial charge in [-0.2, -0.15) is 4.98 Å². The van der Waals surface area contributed by atoms with Gasteiger partial charge in [0.05, 0.1) is 0 Å². The van der Waals surface area contributed by atoms with E-state index in [1.165, 1.54) is 0 Å². The van der Waals surface area contributed by atoms with Crippen LogP contribution in [0.4, 0.5) is 5.82 Å². The van der Waals surface area contributed by atoms with E-state index in [9.17, 15) is 4.79 Å². The van der Waals surface area contributed by atoms with Crippen LogP contribution in [0.5, 0.6) is 0 Å². The number of hydrogen-bond donors (Lipinski definition) is 1. The molecule has 0 bridgehead atoms. The zero-order valence-corrected chi connectivity index (χ0v) is 15.1. The number of pyridine rings is 1. The molecule has 0 aliphatic carbocycles. The molecule has 7 nitrogen and oxygen atoms in total. The molecule has 3 aromatic rings. The van der Waals surface area contributed by atoms with Gasteiger partial charge in [0, 0.05) is 36.5 Å². The number of carbonyl (C=O) groups is 1. The van der Waals surface area contributed by atoms with Gasteiger partial charge < -0.3 is 14.7 Å². The Kier molecular flexibility index (Phi) is 4.82. The van der Waals surface area contributed by atoms with Gasteiger partial charge in [0.25, 0.3) is 11.8 Å². The molecule has 0 unspecified atom stereocenters. The molecular formula is C20H21N5O2. The van der Waals surface area contributed by atoms with E-state index in [2.05, 4.69) is 20.4 Å². The summed E-state index contributed by atoms with van der Waals surface area (Å²) in [4.78, 5) is 23.2. The van der Waals surface area contributed by atoms with Crippen molar-refractivity contribution in [1.29, 1.82) is 0 Å². The largest absolute Gasteiger partial charge is 0.366 e. The van der Waals surface area contributed by atoms with Crippen molar-refractivity contribution in [3.05, 3.63) is 60.0 Å². The zero-order chi connectivity index (χ0) is 18.6. The number of aryl methyl sites for hydroxylation is 1. The zero-order valence-electron chi connectivity index (χ0n) is 15.1. The van der Waals surface area contributed by atoms with E-state index >= 15 is 0 Å². The third kappa shape index (κ3) is 3.97. The summed E-state index contributed by atoms with van der Waals surface area (Å²) in [6.07, 6.45) is 3.66. The fourth-order valence-electron chi connectivity index (χ4n) is 3.31. The Hall–Kier alpha value is -3.22. The highest BCUT2D eigenvalue weighted by Gasteiger charge is 2.24. The Bertz CT molecular complexity index is 925. The van der Waals surface area contributed by atoms with Crippen LogP contribution in [0, 0.1) is 6.92 Å². The molecule has 138 valence electrons. The number of nitrogens with one attached hydrogen (secondary N) is 1. The van der Waals surface area contributed by atoms with Gasteiger partial charge in [-0.1, -0.05) is 23.4 Å². The average Bonchev–Trinajstić information content (AvgIpc) is 3.15. The fraction of sp³-hybridized carbons (Fsp3) is 0.300. The molecule has 1 aromatic carbocycles. The Balaban J connectivity index is 1.44. The van der Waals surface area contributed by atoms with Crippen molar-refractivity contribution in [2.45, 2.75) is 25.8 Å². The lowest BCUT2D eigenvalue weighted by Gasteiger charge is -2.33. The number of anilines is 1. The van der Waals surface area contributed by atoms with E-state index in [0.29, 0.717) is 18.3 Å².